The highest BCUT2D eigenvalue weighted by atomic mass is 31.1. The van der Waals surface area contributed by atoms with Gasteiger partial charge in [0.15, 0.2) is 0 Å². The summed E-state index contributed by atoms with van der Waals surface area (Å²) in [6.45, 7) is 0. The molecule has 0 N–H and O–H groups in total. The quantitative estimate of drug-likeness (QED) is 0.397. The Bertz CT molecular complexity index is 202. The normalized spacial score (nSPS) is 10.8. The van der Waals surface area contributed by atoms with Gasteiger partial charge in [0.25, 0.3) is 0 Å². The largest absolute Gasteiger partial charge is 0.207 e. The molecule has 0 spiro atoms. The van der Waals surface area contributed by atoms with E-state index in [0.29, 0.717) is 8.46 Å². The topological polar surface area (TPSA) is 0 Å². The molecule has 0 aliphatic heterocycles. The molecule has 0 radical (unpaired) electrons. The molecule has 0 bridgehead atoms. The van der Waals surface area contributed by atoms with Crippen LogP contribution in [0.2, 0.25) is 0 Å². The maximum atomic E-state index is 12.4. The lowest BCUT2D eigenvalue weighted by Gasteiger charge is -1.93. The molecule has 0 amide bonds. The van der Waals surface area contributed by atoms with Crippen molar-refractivity contribution in [1.82, 2.24) is 0 Å². The first-order valence-electron chi connectivity index (χ1n) is 2.76. The molecule has 0 nitrogen and oxygen atoms in total. The molecule has 1 rings (SSSR count). The molecule has 0 saturated carbocycles. The minimum Gasteiger partial charge on any atom is -0.207 e. The number of hydrogen-bond donors (Lipinski definition) is 0. The van der Waals surface area contributed by atoms with Crippen molar-refractivity contribution >= 4 is 21.3 Å². The van der Waals surface area contributed by atoms with E-state index in [2.05, 4.69) is 0 Å². The van der Waals surface area contributed by atoms with Crippen LogP contribution in [0.1, 0.15) is 0 Å². The summed E-state index contributed by atoms with van der Waals surface area (Å²) in [5, 5.41) is 1.08. The molecule has 9 heavy (non-hydrogen) atoms. The fourth-order valence-corrected chi connectivity index (χ4v) is 1.19. The molecule has 1 atom stereocenters. The van der Waals surface area contributed by atoms with E-state index in [1.165, 1.54) is 6.07 Å². The van der Waals surface area contributed by atoms with Crippen molar-refractivity contribution in [2.24, 2.45) is 0 Å². The summed E-state index contributed by atoms with van der Waals surface area (Å²) in [6.07, 6.45) is 0. The van der Waals surface area contributed by atoms with Gasteiger partial charge in [-0.2, -0.15) is 0 Å². The Morgan fingerprint density at radius 2 is 2.22 bits per heavy atom. The predicted molar refractivity (Wildman–Crippen MR) is 42.9 cm³/mol. The summed E-state index contributed by atoms with van der Waals surface area (Å²) in [7, 11) is 2.72. The molecular weight excluding hydrogens is 133 g/mol. The van der Waals surface area contributed by atoms with Crippen LogP contribution in [0.15, 0.2) is 24.3 Å². The SMILES string of the molecule is BPc1cccc(F)c1. The Balaban J connectivity index is 2.94. The highest BCUT2D eigenvalue weighted by Gasteiger charge is 1.88. The van der Waals surface area contributed by atoms with Crippen molar-refractivity contribution in [2.75, 3.05) is 0 Å². The van der Waals surface area contributed by atoms with Gasteiger partial charge in [0, 0.05) is 0 Å². The zero-order valence-electron chi connectivity index (χ0n) is 5.19. The van der Waals surface area contributed by atoms with Crippen LogP contribution < -0.4 is 5.30 Å². The van der Waals surface area contributed by atoms with Crippen LogP contribution in [0.3, 0.4) is 0 Å². The van der Waals surface area contributed by atoms with Crippen LogP contribution in [0, 0.1) is 5.82 Å². The van der Waals surface area contributed by atoms with Gasteiger partial charge < -0.3 is 0 Å². The van der Waals surface area contributed by atoms with E-state index in [1.807, 2.05) is 13.6 Å². The van der Waals surface area contributed by atoms with Crippen LogP contribution >= 0.6 is 8.46 Å². The van der Waals surface area contributed by atoms with Gasteiger partial charge in [-0.25, -0.2) is 4.39 Å². The van der Waals surface area contributed by atoms with E-state index in [0.717, 1.165) is 5.30 Å². The first-order chi connectivity index (χ1) is 4.33. The first kappa shape index (κ1) is 6.76. The van der Waals surface area contributed by atoms with Crippen molar-refractivity contribution < 1.29 is 4.39 Å². The lowest BCUT2D eigenvalue weighted by molar-refractivity contribution is 0.629. The Kier molecular flexibility index (Phi) is 2.24. The monoisotopic (exact) mass is 140 g/mol. The van der Waals surface area contributed by atoms with Crippen molar-refractivity contribution in [2.45, 2.75) is 0 Å². The lowest BCUT2D eigenvalue weighted by Crippen LogP contribution is -1.92. The highest BCUT2D eigenvalue weighted by Crippen LogP contribution is 2.03. The summed E-state index contributed by atoms with van der Waals surface area (Å²) in [6, 6.07) is 6.70. The van der Waals surface area contributed by atoms with Gasteiger partial charge in [-0.05, 0) is 17.4 Å². The van der Waals surface area contributed by atoms with E-state index < -0.39 is 0 Å². The second-order valence-electron chi connectivity index (χ2n) is 1.76. The third kappa shape index (κ3) is 1.80. The van der Waals surface area contributed by atoms with Gasteiger partial charge in [0.2, 0.25) is 0 Å². The standard InChI is InChI=1S/C6H7BFP/c7-9-6-3-1-2-5(8)4-6/h1-4,9H,7H2. The molecule has 1 unspecified atom stereocenters. The summed E-state index contributed by atoms with van der Waals surface area (Å²) < 4.78 is 12.4. The highest BCUT2D eigenvalue weighted by molar-refractivity contribution is 7.73. The summed E-state index contributed by atoms with van der Waals surface area (Å²) in [4.78, 5) is 0. The number of halogens is 1. The Morgan fingerprint density at radius 1 is 1.44 bits per heavy atom. The van der Waals surface area contributed by atoms with Crippen LogP contribution in [0.5, 0.6) is 0 Å². The van der Waals surface area contributed by atoms with Crippen molar-refractivity contribution in [3.63, 3.8) is 0 Å². The summed E-state index contributed by atoms with van der Waals surface area (Å²) >= 11 is 0. The Hall–Kier alpha value is -0.355. The average molecular weight is 140 g/mol. The van der Waals surface area contributed by atoms with Crippen LogP contribution in [-0.2, 0) is 0 Å². The molecule has 1 aromatic carbocycles. The van der Waals surface area contributed by atoms with E-state index >= 15 is 0 Å². The van der Waals surface area contributed by atoms with Crippen LogP contribution in [0.4, 0.5) is 4.39 Å². The summed E-state index contributed by atoms with van der Waals surface area (Å²) in [5.74, 6) is -0.137. The molecule has 0 aromatic heterocycles. The molecule has 0 aliphatic rings. The third-order valence-electron chi connectivity index (χ3n) is 1.11. The van der Waals surface area contributed by atoms with Gasteiger partial charge in [0.05, 0.1) is 0 Å². The first-order valence-corrected chi connectivity index (χ1v) is 4.26. The molecule has 3 heteroatoms. The molecule has 0 heterocycles. The minimum absolute atomic E-state index is 0.137. The van der Waals surface area contributed by atoms with Gasteiger partial charge >= 0.3 is 0 Å². The lowest BCUT2D eigenvalue weighted by atomic mass is 10.3. The molecule has 1 aromatic rings. The Labute approximate surface area is 56.6 Å². The minimum atomic E-state index is -0.137. The number of benzene rings is 1. The zero-order valence-corrected chi connectivity index (χ0v) is 6.19. The summed E-state index contributed by atoms with van der Waals surface area (Å²) in [5.41, 5.74) is 0. The van der Waals surface area contributed by atoms with E-state index in [9.17, 15) is 4.39 Å². The van der Waals surface area contributed by atoms with Gasteiger partial charge in [-0.3, -0.25) is 0 Å². The molecule has 0 fully saturated rings. The third-order valence-corrected chi connectivity index (χ3v) is 2.00. The number of hydrogen-bond acceptors (Lipinski definition) is 0. The fourth-order valence-electron chi connectivity index (χ4n) is 0.644. The smallest absolute Gasteiger partial charge is 0.136 e. The van der Waals surface area contributed by atoms with E-state index in [4.69, 9.17) is 0 Å². The second kappa shape index (κ2) is 2.98. The van der Waals surface area contributed by atoms with Crippen LogP contribution in [0.25, 0.3) is 0 Å². The molecule has 0 saturated heterocycles. The van der Waals surface area contributed by atoms with Crippen LogP contribution in [-0.4, -0.2) is 7.57 Å². The van der Waals surface area contributed by atoms with Gasteiger partial charge in [-0.1, -0.05) is 12.1 Å². The maximum absolute atomic E-state index is 12.4. The molecule has 0 aliphatic carbocycles. The zero-order chi connectivity index (χ0) is 6.69. The van der Waals surface area contributed by atoms with Crippen molar-refractivity contribution in [1.29, 1.82) is 0 Å². The fraction of sp³-hybridized carbons (Fsp3) is 0. The molecule has 46 valence electrons. The van der Waals surface area contributed by atoms with Gasteiger partial charge in [0.1, 0.15) is 13.4 Å². The Morgan fingerprint density at radius 3 is 2.67 bits per heavy atom. The number of rotatable bonds is 1. The van der Waals surface area contributed by atoms with E-state index in [-0.39, 0.29) is 5.82 Å². The van der Waals surface area contributed by atoms with Gasteiger partial charge in [-0.15, -0.1) is 8.46 Å². The van der Waals surface area contributed by atoms with Crippen molar-refractivity contribution in [3.8, 4) is 0 Å². The van der Waals surface area contributed by atoms with Crippen molar-refractivity contribution in [3.05, 3.63) is 30.1 Å². The maximum Gasteiger partial charge on any atom is 0.136 e. The second-order valence-corrected chi connectivity index (χ2v) is 2.84. The van der Waals surface area contributed by atoms with E-state index in [1.54, 1.807) is 12.1 Å². The molecular formula is C6H7BFP. The predicted octanol–water partition coefficient (Wildman–Crippen LogP) is 0.678. The average Bonchev–Trinajstić information content (AvgIpc) is 1.88.